The van der Waals surface area contributed by atoms with E-state index >= 15 is 0 Å². The minimum Gasteiger partial charge on any atom is -0.351 e. The minimum absolute atomic E-state index is 0.0427. The van der Waals surface area contributed by atoms with Crippen molar-refractivity contribution in [3.05, 3.63) is 35.4 Å². The first-order chi connectivity index (χ1) is 12.7. The zero-order chi connectivity index (χ0) is 20.0. The molecule has 1 heterocycles. The van der Waals surface area contributed by atoms with Gasteiger partial charge < -0.3 is 15.5 Å². The normalized spacial score (nSPS) is 17.9. The zero-order valence-corrected chi connectivity index (χ0v) is 16.3. The number of amides is 3. The predicted molar refractivity (Wildman–Crippen MR) is 101 cm³/mol. The zero-order valence-electron chi connectivity index (χ0n) is 15.5. The van der Waals surface area contributed by atoms with Gasteiger partial charge >= 0.3 is 0 Å². The number of nitrogens with one attached hydrogen (secondary N) is 2. The Balaban J connectivity index is 1.70. The number of nitrogens with zero attached hydrogens (tertiary/aromatic N) is 1. The van der Waals surface area contributed by atoms with Crippen LogP contribution in [0.1, 0.15) is 28.8 Å². The van der Waals surface area contributed by atoms with Gasteiger partial charge in [0.1, 0.15) is 0 Å². The number of hydrogen-bond acceptors (Lipinski definition) is 5. The molecule has 0 saturated carbocycles. The molecular weight excluding hydrogens is 370 g/mol. The first kappa shape index (κ1) is 20.9. The smallest absolute Gasteiger partial charge is 0.253 e. The molecule has 0 bridgehead atoms. The molecule has 1 unspecified atom stereocenters. The highest BCUT2D eigenvalue weighted by Crippen LogP contribution is 2.11. The van der Waals surface area contributed by atoms with E-state index in [1.54, 1.807) is 38.4 Å². The van der Waals surface area contributed by atoms with Crippen LogP contribution in [0.15, 0.2) is 24.3 Å². The summed E-state index contributed by atoms with van der Waals surface area (Å²) in [5.74, 6) is -0.697. The van der Waals surface area contributed by atoms with Crippen LogP contribution in [0.2, 0.25) is 0 Å². The van der Waals surface area contributed by atoms with Crippen molar-refractivity contribution in [1.29, 1.82) is 0 Å². The lowest BCUT2D eigenvalue weighted by atomic mass is 10.1. The van der Waals surface area contributed by atoms with Crippen molar-refractivity contribution in [2.24, 2.45) is 0 Å². The van der Waals surface area contributed by atoms with E-state index in [1.807, 2.05) is 0 Å². The first-order valence-corrected chi connectivity index (χ1v) is 10.6. The Morgan fingerprint density at radius 3 is 2.33 bits per heavy atom. The lowest BCUT2D eigenvalue weighted by molar-refractivity contribution is -0.126. The molecule has 1 aromatic carbocycles. The predicted octanol–water partition coefficient (Wildman–Crippen LogP) is -0.259. The number of benzene rings is 1. The van der Waals surface area contributed by atoms with Crippen LogP contribution in [0, 0.1) is 0 Å². The summed E-state index contributed by atoms with van der Waals surface area (Å²) in [6, 6.07) is 6.68. The molecule has 0 spiro atoms. The van der Waals surface area contributed by atoms with Gasteiger partial charge in [-0.15, -0.1) is 0 Å². The monoisotopic (exact) mass is 395 g/mol. The van der Waals surface area contributed by atoms with Gasteiger partial charge in [-0.2, -0.15) is 0 Å². The van der Waals surface area contributed by atoms with Gasteiger partial charge in [-0.25, -0.2) is 8.42 Å². The van der Waals surface area contributed by atoms with Gasteiger partial charge in [0.15, 0.2) is 9.84 Å². The molecular formula is C18H25N3O5S. The highest BCUT2D eigenvalue weighted by Gasteiger charge is 2.28. The van der Waals surface area contributed by atoms with Crippen LogP contribution in [0.4, 0.5) is 0 Å². The minimum atomic E-state index is -3.05. The lowest BCUT2D eigenvalue weighted by Crippen LogP contribution is -2.42. The standard InChI is InChI=1S/C18H25N3O5S/c1-21(2)18(24)14-6-3-13(4-7-14)5-8-16(22)19-11-17(23)20-15-9-10-27(25,26)12-15/h3-4,6-7,15H,5,8-12H2,1-2H3,(H,19,22)(H,20,23). The van der Waals surface area contributed by atoms with Crippen LogP contribution < -0.4 is 10.6 Å². The van der Waals surface area contributed by atoms with E-state index in [4.69, 9.17) is 0 Å². The molecule has 1 atom stereocenters. The Labute approximate surface area is 159 Å². The number of hydrogen-bond donors (Lipinski definition) is 2. The second-order valence-electron chi connectivity index (χ2n) is 6.84. The van der Waals surface area contributed by atoms with Crippen LogP contribution in [0.3, 0.4) is 0 Å². The third-order valence-corrected chi connectivity index (χ3v) is 6.06. The molecule has 2 rings (SSSR count). The molecule has 1 aromatic rings. The summed E-state index contributed by atoms with van der Waals surface area (Å²) >= 11 is 0. The van der Waals surface area contributed by atoms with Gasteiger partial charge in [-0.1, -0.05) is 12.1 Å². The summed E-state index contributed by atoms with van der Waals surface area (Å²) in [7, 11) is 0.315. The van der Waals surface area contributed by atoms with Crippen LogP contribution in [0.5, 0.6) is 0 Å². The van der Waals surface area contributed by atoms with Crippen molar-refractivity contribution in [3.63, 3.8) is 0 Å². The molecule has 1 fully saturated rings. The van der Waals surface area contributed by atoms with Gasteiger partial charge in [-0.05, 0) is 30.5 Å². The number of carbonyl (C=O) groups is 3. The second kappa shape index (κ2) is 8.98. The van der Waals surface area contributed by atoms with Crippen molar-refractivity contribution in [1.82, 2.24) is 15.5 Å². The molecule has 1 aliphatic rings. The quantitative estimate of drug-likeness (QED) is 0.661. The summed E-state index contributed by atoms with van der Waals surface area (Å²) < 4.78 is 22.7. The highest BCUT2D eigenvalue weighted by atomic mass is 32.2. The van der Waals surface area contributed by atoms with Gasteiger partial charge in [0.05, 0.1) is 18.1 Å². The Morgan fingerprint density at radius 1 is 1.11 bits per heavy atom. The first-order valence-electron chi connectivity index (χ1n) is 8.73. The van der Waals surface area contributed by atoms with E-state index in [0.717, 1.165) is 5.56 Å². The molecule has 2 N–H and O–H groups in total. The van der Waals surface area contributed by atoms with Crippen molar-refractivity contribution < 1.29 is 22.8 Å². The van der Waals surface area contributed by atoms with Crippen molar-refractivity contribution in [2.75, 3.05) is 32.1 Å². The van der Waals surface area contributed by atoms with Crippen molar-refractivity contribution in [3.8, 4) is 0 Å². The van der Waals surface area contributed by atoms with Crippen LogP contribution in [0.25, 0.3) is 0 Å². The maximum Gasteiger partial charge on any atom is 0.253 e. The maximum atomic E-state index is 11.9. The average Bonchev–Trinajstić information content (AvgIpc) is 2.96. The molecule has 1 saturated heterocycles. The third kappa shape index (κ3) is 6.67. The van der Waals surface area contributed by atoms with Gasteiger partial charge in [-0.3, -0.25) is 14.4 Å². The van der Waals surface area contributed by atoms with E-state index < -0.39 is 15.7 Å². The molecule has 148 valence electrons. The Kier molecular flexibility index (Phi) is 6.95. The van der Waals surface area contributed by atoms with Crippen LogP contribution >= 0.6 is 0 Å². The highest BCUT2D eigenvalue weighted by molar-refractivity contribution is 7.91. The molecule has 0 aromatic heterocycles. The molecule has 0 aliphatic carbocycles. The largest absolute Gasteiger partial charge is 0.351 e. The Bertz CT molecular complexity index is 803. The molecule has 8 nitrogen and oxygen atoms in total. The molecule has 0 radical (unpaired) electrons. The van der Waals surface area contributed by atoms with Crippen LogP contribution in [-0.2, 0) is 25.8 Å². The summed E-state index contributed by atoms with van der Waals surface area (Å²) in [4.78, 5) is 37.0. The van der Waals surface area contributed by atoms with Gasteiger partial charge in [0.2, 0.25) is 11.8 Å². The average molecular weight is 395 g/mol. The van der Waals surface area contributed by atoms with Gasteiger partial charge in [0, 0.05) is 32.1 Å². The number of carbonyl (C=O) groups excluding carboxylic acids is 3. The topological polar surface area (TPSA) is 113 Å². The summed E-state index contributed by atoms with van der Waals surface area (Å²) in [5, 5.41) is 5.15. The fourth-order valence-corrected chi connectivity index (χ4v) is 4.46. The molecule has 9 heteroatoms. The van der Waals surface area contributed by atoms with E-state index in [-0.39, 0.29) is 42.3 Å². The lowest BCUT2D eigenvalue weighted by Gasteiger charge is -2.12. The molecule has 27 heavy (non-hydrogen) atoms. The fraction of sp³-hybridized carbons (Fsp3) is 0.500. The summed E-state index contributed by atoms with van der Waals surface area (Å²) in [5.41, 5.74) is 1.50. The van der Waals surface area contributed by atoms with Crippen molar-refractivity contribution in [2.45, 2.75) is 25.3 Å². The van der Waals surface area contributed by atoms with E-state index in [9.17, 15) is 22.8 Å². The molecule has 3 amide bonds. The van der Waals surface area contributed by atoms with Gasteiger partial charge in [0.25, 0.3) is 5.91 Å². The number of sulfone groups is 1. The number of rotatable bonds is 7. The Morgan fingerprint density at radius 2 is 1.78 bits per heavy atom. The number of aryl methyl sites for hydroxylation is 1. The van der Waals surface area contributed by atoms with Crippen molar-refractivity contribution >= 4 is 27.6 Å². The summed E-state index contributed by atoms with van der Waals surface area (Å²) in [6.45, 7) is -0.175. The SMILES string of the molecule is CN(C)C(=O)c1ccc(CCC(=O)NCC(=O)NC2CCS(=O)(=O)C2)cc1. The van der Waals surface area contributed by atoms with E-state index in [1.165, 1.54) is 4.90 Å². The van der Waals surface area contributed by atoms with E-state index in [0.29, 0.717) is 18.4 Å². The third-order valence-electron chi connectivity index (χ3n) is 4.29. The Hall–Kier alpha value is -2.42. The van der Waals surface area contributed by atoms with E-state index in [2.05, 4.69) is 10.6 Å². The maximum absolute atomic E-state index is 11.9. The summed E-state index contributed by atoms with van der Waals surface area (Å²) in [6.07, 6.45) is 1.12. The van der Waals surface area contributed by atoms with Crippen LogP contribution in [-0.4, -0.2) is 69.2 Å². The molecule has 1 aliphatic heterocycles. The fourth-order valence-electron chi connectivity index (χ4n) is 2.78. The second-order valence-corrected chi connectivity index (χ2v) is 9.07.